The molecule has 0 aromatic heterocycles. The van der Waals surface area contributed by atoms with Crippen LogP contribution in [0.25, 0.3) is 0 Å². The molecule has 1 aliphatic rings. The van der Waals surface area contributed by atoms with E-state index in [-0.39, 0.29) is 30.1 Å². The Balaban J connectivity index is 0.00000264. The molecule has 1 saturated heterocycles. The van der Waals surface area contributed by atoms with Crippen LogP contribution in [0.5, 0.6) is 0 Å². The van der Waals surface area contributed by atoms with Crippen molar-refractivity contribution < 1.29 is 4.74 Å². The maximum atomic E-state index is 6.16. The molecule has 0 spiro atoms. The lowest BCUT2D eigenvalue weighted by Crippen LogP contribution is -2.48. The van der Waals surface area contributed by atoms with Gasteiger partial charge in [-0.05, 0) is 25.6 Å². The van der Waals surface area contributed by atoms with Gasteiger partial charge < -0.3 is 20.3 Å². The highest BCUT2D eigenvalue weighted by Crippen LogP contribution is 2.15. The zero-order valence-electron chi connectivity index (χ0n) is 13.7. The molecule has 1 fully saturated rings. The van der Waals surface area contributed by atoms with Gasteiger partial charge in [-0.1, -0.05) is 29.8 Å². The minimum Gasteiger partial charge on any atom is -0.374 e. The summed E-state index contributed by atoms with van der Waals surface area (Å²) in [6.07, 6.45) is 0.197. The van der Waals surface area contributed by atoms with Crippen molar-refractivity contribution in [3.8, 4) is 0 Å². The van der Waals surface area contributed by atoms with Gasteiger partial charge in [0, 0.05) is 31.2 Å². The maximum absolute atomic E-state index is 6.16. The lowest BCUT2D eigenvalue weighted by Gasteiger charge is -2.30. The fourth-order valence-corrected chi connectivity index (χ4v) is 2.53. The predicted molar refractivity (Wildman–Crippen MR) is 107 cm³/mol. The fraction of sp³-hybridized carbons (Fsp3) is 0.562. The lowest BCUT2D eigenvalue weighted by molar-refractivity contribution is -0.0161. The van der Waals surface area contributed by atoms with Crippen LogP contribution < -0.4 is 10.6 Å². The number of aliphatic imine (C=N–C) groups is 1. The molecule has 0 saturated carbocycles. The Bertz CT molecular complexity index is 501. The highest BCUT2D eigenvalue weighted by molar-refractivity contribution is 14.0. The van der Waals surface area contributed by atoms with Crippen molar-refractivity contribution in [3.63, 3.8) is 0 Å². The monoisotopic (exact) mass is 452 g/mol. The van der Waals surface area contributed by atoms with Crippen molar-refractivity contribution in [1.29, 1.82) is 0 Å². The molecule has 1 aromatic rings. The van der Waals surface area contributed by atoms with Crippen molar-refractivity contribution >= 4 is 41.5 Å². The van der Waals surface area contributed by atoms with Crippen molar-refractivity contribution in [1.82, 2.24) is 15.5 Å². The summed E-state index contributed by atoms with van der Waals surface area (Å²) in [5.74, 6) is 0.791. The number of hydrogen-bond donors (Lipinski definition) is 2. The molecule has 5 nitrogen and oxygen atoms in total. The summed E-state index contributed by atoms with van der Waals surface area (Å²) in [5, 5.41) is 7.34. The first-order chi connectivity index (χ1) is 10.7. The molecule has 1 aliphatic heterocycles. The zero-order valence-corrected chi connectivity index (χ0v) is 16.8. The van der Waals surface area contributed by atoms with E-state index in [0.29, 0.717) is 6.54 Å². The van der Waals surface area contributed by atoms with Crippen LogP contribution in [0.1, 0.15) is 12.5 Å². The fourth-order valence-electron chi connectivity index (χ4n) is 2.33. The van der Waals surface area contributed by atoms with E-state index in [4.69, 9.17) is 16.3 Å². The number of rotatable bonds is 5. The Morgan fingerprint density at radius 1 is 1.39 bits per heavy atom. The van der Waals surface area contributed by atoms with Crippen molar-refractivity contribution in [2.24, 2.45) is 4.99 Å². The van der Waals surface area contributed by atoms with Gasteiger partial charge in [0.05, 0.1) is 19.3 Å². The van der Waals surface area contributed by atoms with E-state index >= 15 is 0 Å². The summed E-state index contributed by atoms with van der Waals surface area (Å²) in [5.41, 5.74) is 1.02. The molecular weight excluding hydrogens is 427 g/mol. The lowest BCUT2D eigenvalue weighted by atomic mass is 10.2. The van der Waals surface area contributed by atoms with Crippen molar-refractivity contribution in [2.45, 2.75) is 19.6 Å². The van der Waals surface area contributed by atoms with Crippen LogP contribution in [0.15, 0.2) is 29.3 Å². The second kappa shape index (κ2) is 11.1. The van der Waals surface area contributed by atoms with Gasteiger partial charge in [0.1, 0.15) is 0 Å². The first-order valence-corrected chi connectivity index (χ1v) is 8.12. The number of guanidine groups is 1. The normalized spacial score (nSPS) is 19.1. The van der Waals surface area contributed by atoms with Crippen molar-refractivity contribution in [3.05, 3.63) is 34.9 Å². The Hall–Kier alpha value is -0.570. The molecule has 0 aliphatic carbocycles. The summed E-state index contributed by atoms with van der Waals surface area (Å²) in [7, 11) is 2.12. The summed E-state index contributed by atoms with van der Waals surface area (Å²) in [6, 6.07) is 7.78. The second-order valence-corrected chi connectivity index (χ2v) is 5.83. The topological polar surface area (TPSA) is 48.9 Å². The predicted octanol–water partition coefficient (Wildman–Crippen LogP) is 2.34. The van der Waals surface area contributed by atoms with Crippen LogP contribution in [0.2, 0.25) is 5.02 Å². The quantitative estimate of drug-likeness (QED) is 0.409. The van der Waals surface area contributed by atoms with Gasteiger partial charge in [0.15, 0.2) is 5.96 Å². The van der Waals surface area contributed by atoms with Crippen LogP contribution in [-0.2, 0) is 11.3 Å². The number of nitrogens with one attached hydrogen (secondary N) is 2. The summed E-state index contributed by atoms with van der Waals surface area (Å²) < 4.78 is 5.75. The van der Waals surface area contributed by atoms with E-state index in [1.807, 2.05) is 24.3 Å². The number of nitrogens with zero attached hydrogens (tertiary/aromatic N) is 2. The third kappa shape index (κ3) is 7.24. The van der Waals surface area contributed by atoms with Crippen LogP contribution in [0.4, 0.5) is 0 Å². The molecule has 1 aromatic carbocycles. The number of halogens is 2. The van der Waals surface area contributed by atoms with E-state index in [1.165, 1.54) is 0 Å². The number of benzene rings is 1. The molecular formula is C16H26ClIN4O. The third-order valence-corrected chi connectivity index (χ3v) is 3.92. The SMILES string of the molecule is CCNC(=NCc1ccccc1Cl)NCC1CN(C)CCO1.I. The van der Waals surface area contributed by atoms with E-state index in [0.717, 1.165) is 49.3 Å². The summed E-state index contributed by atoms with van der Waals surface area (Å²) >= 11 is 6.16. The molecule has 2 rings (SSSR count). The molecule has 23 heavy (non-hydrogen) atoms. The highest BCUT2D eigenvalue weighted by atomic mass is 127. The molecule has 0 amide bonds. The maximum Gasteiger partial charge on any atom is 0.191 e. The molecule has 0 radical (unpaired) electrons. The minimum absolute atomic E-state index is 0. The van der Waals surface area contributed by atoms with Gasteiger partial charge in [-0.25, -0.2) is 4.99 Å². The summed E-state index contributed by atoms with van der Waals surface area (Å²) in [6.45, 7) is 6.90. The van der Waals surface area contributed by atoms with Gasteiger partial charge in [-0.2, -0.15) is 0 Å². The second-order valence-electron chi connectivity index (χ2n) is 5.42. The van der Waals surface area contributed by atoms with Gasteiger partial charge in [-0.3, -0.25) is 0 Å². The summed E-state index contributed by atoms with van der Waals surface area (Å²) in [4.78, 5) is 6.87. The van der Waals surface area contributed by atoms with Crippen molar-refractivity contribution in [2.75, 3.05) is 39.8 Å². The Labute approximate surface area is 160 Å². The average molecular weight is 453 g/mol. The molecule has 1 unspecified atom stereocenters. The largest absolute Gasteiger partial charge is 0.374 e. The van der Waals surface area contributed by atoms with Crippen LogP contribution in [0.3, 0.4) is 0 Å². The number of ether oxygens (including phenoxy) is 1. The van der Waals surface area contributed by atoms with E-state index < -0.39 is 0 Å². The molecule has 2 N–H and O–H groups in total. The van der Waals surface area contributed by atoms with E-state index in [1.54, 1.807) is 0 Å². The average Bonchev–Trinajstić information content (AvgIpc) is 2.51. The highest BCUT2D eigenvalue weighted by Gasteiger charge is 2.17. The van der Waals surface area contributed by atoms with E-state index in [9.17, 15) is 0 Å². The molecule has 130 valence electrons. The number of morpholine rings is 1. The molecule has 7 heteroatoms. The Morgan fingerprint density at radius 2 is 2.17 bits per heavy atom. The smallest absolute Gasteiger partial charge is 0.191 e. The number of hydrogen-bond acceptors (Lipinski definition) is 3. The Kier molecular flexibility index (Phi) is 9.85. The van der Waals surface area contributed by atoms with E-state index in [2.05, 4.69) is 34.5 Å². The van der Waals surface area contributed by atoms with Gasteiger partial charge in [0.25, 0.3) is 0 Å². The molecule has 1 atom stereocenters. The standard InChI is InChI=1S/C16H25ClN4O.HI/c1-3-18-16(19-10-13-6-4-5-7-15(13)17)20-11-14-12-21(2)8-9-22-14;/h4-7,14H,3,8-12H2,1-2H3,(H2,18,19,20);1H. The van der Waals surface area contributed by atoms with Crippen LogP contribution in [-0.4, -0.2) is 56.8 Å². The number of likely N-dealkylation sites (N-methyl/N-ethyl adjacent to an activating group) is 1. The first-order valence-electron chi connectivity index (χ1n) is 7.74. The van der Waals surface area contributed by atoms with Gasteiger partial charge in [0.2, 0.25) is 0 Å². The molecule has 1 heterocycles. The Morgan fingerprint density at radius 3 is 2.87 bits per heavy atom. The minimum atomic E-state index is 0. The first kappa shape index (κ1) is 20.5. The van der Waals surface area contributed by atoms with Crippen LogP contribution >= 0.6 is 35.6 Å². The van der Waals surface area contributed by atoms with Crippen LogP contribution in [0, 0.1) is 0 Å². The molecule has 0 bridgehead atoms. The third-order valence-electron chi connectivity index (χ3n) is 3.55. The van der Waals surface area contributed by atoms with Gasteiger partial charge in [-0.15, -0.1) is 24.0 Å². The zero-order chi connectivity index (χ0) is 15.8. The van der Waals surface area contributed by atoms with Gasteiger partial charge >= 0.3 is 0 Å².